The van der Waals surface area contributed by atoms with Gasteiger partial charge in [-0.15, -0.1) is 0 Å². The predicted molar refractivity (Wildman–Crippen MR) is 154 cm³/mol. The number of aromatic nitrogens is 3. The lowest BCUT2D eigenvalue weighted by Crippen LogP contribution is -2.33. The number of benzene rings is 2. The van der Waals surface area contributed by atoms with Crippen LogP contribution >= 0.6 is 11.6 Å². The molecule has 8 nitrogen and oxygen atoms in total. The van der Waals surface area contributed by atoms with Crippen LogP contribution in [0, 0.1) is 6.92 Å². The lowest BCUT2D eigenvalue weighted by molar-refractivity contribution is 0.102. The van der Waals surface area contributed by atoms with Crippen LogP contribution in [0.4, 0.5) is 11.4 Å². The molecule has 1 saturated heterocycles. The molecular weight excluding hydrogens is 514 g/mol. The highest BCUT2D eigenvalue weighted by atomic mass is 35.5. The van der Waals surface area contributed by atoms with Crippen molar-refractivity contribution in [2.24, 2.45) is 0 Å². The molecule has 4 aromatic rings. The summed E-state index contributed by atoms with van der Waals surface area (Å²) in [6, 6.07) is 16.7. The van der Waals surface area contributed by atoms with E-state index in [0.29, 0.717) is 22.8 Å². The summed E-state index contributed by atoms with van der Waals surface area (Å²) in [4.78, 5) is 32.4. The monoisotopic (exact) mass is 543 g/mol. The van der Waals surface area contributed by atoms with Crippen LogP contribution in [0.2, 0.25) is 5.02 Å². The summed E-state index contributed by atoms with van der Waals surface area (Å²) in [6.07, 6.45) is 6.78. The van der Waals surface area contributed by atoms with Gasteiger partial charge in [-0.25, -0.2) is 9.67 Å². The molecule has 0 saturated carbocycles. The molecule has 1 amide bonds. The van der Waals surface area contributed by atoms with Gasteiger partial charge >= 0.3 is 0 Å². The molecule has 1 aliphatic heterocycles. The molecule has 0 atom stereocenters. The number of hydrogen-bond acceptors (Lipinski definition) is 6. The molecule has 3 heterocycles. The molecule has 9 heteroatoms. The normalized spacial score (nSPS) is 13.3. The van der Waals surface area contributed by atoms with Gasteiger partial charge in [0.25, 0.3) is 11.5 Å². The van der Waals surface area contributed by atoms with E-state index < -0.39 is 0 Å². The van der Waals surface area contributed by atoms with Gasteiger partial charge in [-0.1, -0.05) is 35.9 Å². The minimum atomic E-state index is -0.319. The van der Waals surface area contributed by atoms with Crippen molar-refractivity contribution in [1.82, 2.24) is 14.8 Å². The fraction of sp³-hybridized carbons (Fsp3) is 0.267. The Kier molecular flexibility index (Phi) is 7.93. The van der Waals surface area contributed by atoms with E-state index in [1.54, 1.807) is 37.7 Å². The van der Waals surface area contributed by atoms with Crippen LogP contribution in [0.3, 0.4) is 0 Å². The Morgan fingerprint density at radius 2 is 1.74 bits per heavy atom. The molecular formula is C30H30ClN5O3. The standard InChI is InChI=1S/C30H30ClN5O3/c1-20-24(19-36-30(38)28(31)26(18-33-36)35-15-4-3-5-16-35)7-6-8-25(20)34-29(37)22-11-9-21(10-12-22)23-13-14-27(39-2)32-17-23/h6-14,17-18H,3-5,15-16,19H2,1-2H3,(H,34,37). The fourth-order valence-electron chi connectivity index (χ4n) is 4.76. The van der Waals surface area contributed by atoms with E-state index in [2.05, 4.69) is 20.3 Å². The lowest BCUT2D eigenvalue weighted by Gasteiger charge is -2.29. The molecule has 0 aliphatic carbocycles. The number of methoxy groups -OCH3 is 1. The van der Waals surface area contributed by atoms with E-state index in [-0.39, 0.29) is 23.0 Å². The SMILES string of the molecule is COc1ccc(-c2ccc(C(=O)Nc3cccc(Cn4ncc(N5CCCCC5)c(Cl)c4=O)c3C)cc2)cn1. The summed E-state index contributed by atoms with van der Waals surface area (Å²) >= 11 is 6.49. The lowest BCUT2D eigenvalue weighted by atomic mass is 10.0. The van der Waals surface area contributed by atoms with Crippen molar-refractivity contribution in [3.8, 4) is 17.0 Å². The van der Waals surface area contributed by atoms with Crippen LogP contribution in [-0.2, 0) is 6.54 Å². The van der Waals surface area contributed by atoms with Crippen molar-refractivity contribution < 1.29 is 9.53 Å². The number of carbonyl (C=O) groups is 1. The molecule has 5 rings (SSSR count). The number of pyridine rings is 1. The maximum atomic E-state index is 13.0. The largest absolute Gasteiger partial charge is 0.481 e. The van der Waals surface area contributed by atoms with Crippen molar-refractivity contribution in [3.63, 3.8) is 0 Å². The topological polar surface area (TPSA) is 89.4 Å². The Morgan fingerprint density at radius 1 is 1.00 bits per heavy atom. The van der Waals surface area contributed by atoms with Crippen LogP contribution < -0.4 is 20.5 Å². The Bertz CT molecular complexity index is 1530. The number of anilines is 2. The molecule has 1 N–H and O–H groups in total. The van der Waals surface area contributed by atoms with E-state index in [1.807, 2.05) is 43.3 Å². The third-order valence-corrected chi connectivity index (χ3v) is 7.46. The Balaban J connectivity index is 1.30. The number of rotatable bonds is 7. The predicted octanol–water partition coefficient (Wildman–Crippen LogP) is 5.57. The number of carbonyl (C=O) groups excluding carboxylic acids is 1. The first-order chi connectivity index (χ1) is 18.9. The molecule has 2 aromatic heterocycles. The highest BCUT2D eigenvalue weighted by molar-refractivity contribution is 6.33. The van der Waals surface area contributed by atoms with Gasteiger partial charge < -0.3 is 15.0 Å². The van der Waals surface area contributed by atoms with E-state index in [0.717, 1.165) is 48.2 Å². The summed E-state index contributed by atoms with van der Waals surface area (Å²) in [7, 11) is 1.58. The zero-order valence-corrected chi connectivity index (χ0v) is 22.7. The number of piperidine rings is 1. The molecule has 0 spiro atoms. The third kappa shape index (κ3) is 5.81. The molecule has 1 fully saturated rings. The van der Waals surface area contributed by atoms with E-state index in [4.69, 9.17) is 16.3 Å². The Morgan fingerprint density at radius 3 is 2.44 bits per heavy atom. The summed E-state index contributed by atoms with van der Waals surface area (Å²) in [5.74, 6) is 0.324. The van der Waals surface area contributed by atoms with Gasteiger partial charge in [-0.3, -0.25) is 9.59 Å². The zero-order chi connectivity index (χ0) is 27.4. The molecule has 2 aromatic carbocycles. The summed E-state index contributed by atoms with van der Waals surface area (Å²) < 4.78 is 6.48. The van der Waals surface area contributed by atoms with Crippen LogP contribution in [0.25, 0.3) is 11.1 Å². The van der Waals surface area contributed by atoms with E-state index in [9.17, 15) is 9.59 Å². The van der Waals surface area contributed by atoms with Crippen molar-refractivity contribution in [2.45, 2.75) is 32.7 Å². The van der Waals surface area contributed by atoms with Gasteiger partial charge in [0.1, 0.15) is 5.02 Å². The quantitative estimate of drug-likeness (QED) is 0.328. The maximum absolute atomic E-state index is 13.0. The highest BCUT2D eigenvalue weighted by Gasteiger charge is 2.18. The van der Waals surface area contributed by atoms with Gasteiger partial charge in [0.05, 0.1) is 25.5 Å². The average molecular weight is 544 g/mol. The van der Waals surface area contributed by atoms with Crippen LogP contribution in [0.1, 0.15) is 40.7 Å². The van der Waals surface area contributed by atoms with Gasteiger partial charge in [-0.2, -0.15) is 5.10 Å². The zero-order valence-electron chi connectivity index (χ0n) is 22.0. The van der Waals surface area contributed by atoms with Gasteiger partial charge in [0.15, 0.2) is 0 Å². The third-order valence-electron chi connectivity index (χ3n) is 7.10. The second kappa shape index (κ2) is 11.7. The van der Waals surface area contributed by atoms with Gasteiger partial charge in [0, 0.05) is 42.2 Å². The first kappa shape index (κ1) is 26.4. The number of halogens is 1. The number of nitrogens with zero attached hydrogens (tertiary/aromatic N) is 4. The first-order valence-corrected chi connectivity index (χ1v) is 13.3. The summed E-state index contributed by atoms with van der Waals surface area (Å²) in [5, 5.41) is 7.60. The minimum absolute atomic E-state index is 0.197. The smallest absolute Gasteiger partial charge is 0.287 e. The van der Waals surface area contributed by atoms with Crippen molar-refractivity contribution >= 4 is 28.9 Å². The summed E-state index contributed by atoms with van der Waals surface area (Å²) in [5.41, 5.74) is 5.18. The Labute approximate surface area is 232 Å². The van der Waals surface area contributed by atoms with Crippen molar-refractivity contribution in [1.29, 1.82) is 0 Å². The molecule has 0 unspecified atom stereocenters. The summed E-state index contributed by atoms with van der Waals surface area (Å²) in [6.45, 7) is 3.93. The van der Waals surface area contributed by atoms with Crippen LogP contribution in [0.15, 0.2) is 71.8 Å². The van der Waals surface area contributed by atoms with Crippen LogP contribution in [-0.4, -0.2) is 40.9 Å². The molecule has 0 radical (unpaired) electrons. The fourth-order valence-corrected chi connectivity index (χ4v) is 5.02. The molecule has 1 aliphatic rings. The highest BCUT2D eigenvalue weighted by Crippen LogP contribution is 2.26. The number of amides is 1. The molecule has 200 valence electrons. The van der Waals surface area contributed by atoms with Crippen molar-refractivity contribution in [2.75, 3.05) is 30.4 Å². The second-order valence-electron chi connectivity index (χ2n) is 9.56. The number of hydrogen-bond donors (Lipinski definition) is 1. The molecule has 0 bridgehead atoms. The first-order valence-electron chi connectivity index (χ1n) is 13.0. The van der Waals surface area contributed by atoms with Gasteiger partial charge in [-0.05, 0) is 67.1 Å². The van der Waals surface area contributed by atoms with Gasteiger partial charge in [0.2, 0.25) is 5.88 Å². The minimum Gasteiger partial charge on any atom is -0.481 e. The number of nitrogens with one attached hydrogen (secondary N) is 1. The molecule has 39 heavy (non-hydrogen) atoms. The Hall–Kier alpha value is -4.17. The second-order valence-corrected chi connectivity index (χ2v) is 9.94. The van der Waals surface area contributed by atoms with Crippen LogP contribution in [0.5, 0.6) is 5.88 Å². The number of ether oxygens (including phenoxy) is 1. The average Bonchev–Trinajstić information content (AvgIpc) is 2.98. The maximum Gasteiger partial charge on any atom is 0.287 e. The van der Waals surface area contributed by atoms with E-state index >= 15 is 0 Å². The van der Waals surface area contributed by atoms with Crippen molar-refractivity contribution in [3.05, 3.63) is 99.1 Å². The van der Waals surface area contributed by atoms with E-state index in [1.165, 1.54) is 11.1 Å².